The minimum atomic E-state index is -0.417. The molecule has 2 aromatic carbocycles. The van der Waals surface area contributed by atoms with Gasteiger partial charge in [0.1, 0.15) is 5.82 Å². The first-order chi connectivity index (χ1) is 10.6. The molecular formula is C18H17ClFNO. The van der Waals surface area contributed by atoms with E-state index in [-0.39, 0.29) is 11.7 Å². The lowest BCUT2D eigenvalue weighted by atomic mass is 9.95. The third-order valence-electron chi connectivity index (χ3n) is 4.22. The molecule has 0 atom stereocenters. The van der Waals surface area contributed by atoms with Crippen LogP contribution in [0.15, 0.2) is 48.5 Å². The maximum Gasteiger partial charge on any atom is 0.230 e. The van der Waals surface area contributed by atoms with Crippen molar-refractivity contribution in [3.63, 3.8) is 0 Å². The van der Waals surface area contributed by atoms with Gasteiger partial charge in [0.25, 0.3) is 0 Å². The first kappa shape index (κ1) is 15.0. The Bertz CT molecular complexity index is 680. The number of hydrogen-bond acceptors (Lipinski definition) is 1. The van der Waals surface area contributed by atoms with Crippen LogP contribution in [-0.2, 0) is 16.6 Å². The molecule has 0 saturated heterocycles. The van der Waals surface area contributed by atoms with E-state index < -0.39 is 5.41 Å². The van der Waals surface area contributed by atoms with Gasteiger partial charge >= 0.3 is 0 Å². The number of carbonyl (C=O) groups is 1. The normalized spacial score (nSPS) is 15.4. The smallest absolute Gasteiger partial charge is 0.230 e. The second-order valence-corrected chi connectivity index (χ2v) is 6.12. The zero-order valence-electron chi connectivity index (χ0n) is 12.1. The molecule has 114 valence electrons. The van der Waals surface area contributed by atoms with Gasteiger partial charge in [-0.25, -0.2) is 4.39 Å². The van der Waals surface area contributed by atoms with Crippen LogP contribution in [0.1, 0.15) is 24.0 Å². The van der Waals surface area contributed by atoms with Gasteiger partial charge in [0.2, 0.25) is 5.91 Å². The maximum absolute atomic E-state index is 13.5. The molecule has 2 aromatic rings. The van der Waals surface area contributed by atoms with Crippen LogP contribution in [0.2, 0.25) is 5.02 Å². The van der Waals surface area contributed by atoms with E-state index in [2.05, 4.69) is 5.32 Å². The van der Waals surface area contributed by atoms with E-state index in [0.29, 0.717) is 23.6 Å². The minimum Gasteiger partial charge on any atom is -0.355 e. The Morgan fingerprint density at radius 2 is 1.82 bits per heavy atom. The molecule has 1 amide bonds. The van der Waals surface area contributed by atoms with E-state index in [0.717, 1.165) is 18.4 Å². The van der Waals surface area contributed by atoms with Gasteiger partial charge in [0.05, 0.1) is 5.41 Å². The molecule has 1 aliphatic rings. The van der Waals surface area contributed by atoms with Gasteiger partial charge in [-0.15, -0.1) is 0 Å². The summed E-state index contributed by atoms with van der Waals surface area (Å²) in [6.07, 6.45) is 2.19. The van der Waals surface area contributed by atoms with Crippen LogP contribution in [-0.4, -0.2) is 12.5 Å². The van der Waals surface area contributed by atoms with Crippen molar-refractivity contribution >= 4 is 17.5 Å². The molecule has 3 rings (SSSR count). The Morgan fingerprint density at radius 1 is 1.14 bits per heavy atom. The molecule has 0 aromatic heterocycles. The number of carbonyl (C=O) groups excluding carboxylic acids is 1. The summed E-state index contributed by atoms with van der Waals surface area (Å²) in [4.78, 5) is 12.4. The number of rotatable bonds is 5. The summed E-state index contributed by atoms with van der Waals surface area (Å²) < 4.78 is 13.5. The number of nitrogens with one attached hydrogen (secondary N) is 1. The molecule has 0 spiro atoms. The van der Waals surface area contributed by atoms with Crippen molar-refractivity contribution in [3.05, 3.63) is 70.5 Å². The van der Waals surface area contributed by atoms with Crippen molar-refractivity contribution in [1.82, 2.24) is 5.32 Å². The highest BCUT2D eigenvalue weighted by Crippen LogP contribution is 2.48. The fraction of sp³-hybridized carbons (Fsp3) is 0.278. The van der Waals surface area contributed by atoms with Crippen molar-refractivity contribution in [2.45, 2.75) is 24.7 Å². The first-order valence-electron chi connectivity index (χ1n) is 7.40. The number of halogens is 2. The Labute approximate surface area is 134 Å². The van der Waals surface area contributed by atoms with Gasteiger partial charge in [0.15, 0.2) is 0 Å². The third kappa shape index (κ3) is 3.00. The molecule has 1 N–H and O–H groups in total. The van der Waals surface area contributed by atoms with Gasteiger partial charge in [0, 0.05) is 11.6 Å². The van der Waals surface area contributed by atoms with Crippen LogP contribution >= 0.6 is 11.6 Å². The van der Waals surface area contributed by atoms with E-state index in [1.807, 2.05) is 24.3 Å². The van der Waals surface area contributed by atoms with E-state index >= 15 is 0 Å². The highest BCUT2D eigenvalue weighted by atomic mass is 35.5. The molecule has 0 unspecified atom stereocenters. The molecule has 0 radical (unpaired) electrons. The molecule has 0 aliphatic heterocycles. The summed E-state index contributed by atoms with van der Waals surface area (Å²) in [6.45, 7) is 0.440. The molecule has 4 heteroatoms. The van der Waals surface area contributed by atoms with Crippen LogP contribution in [0.4, 0.5) is 4.39 Å². The van der Waals surface area contributed by atoms with Crippen molar-refractivity contribution < 1.29 is 9.18 Å². The second-order valence-electron chi connectivity index (χ2n) is 5.69. The Hall–Kier alpha value is -1.87. The van der Waals surface area contributed by atoms with Crippen LogP contribution in [0.5, 0.6) is 0 Å². The van der Waals surface area contributed by atoms with Crippen molar-refractivity contribution in [3.8, 4) is 0 Å². The summed E-state index contributed by atoms with van der Waals surface area (Å²) in [5.74, 6) is -0.207. The SMILES string of the molecule is O=C(NCCc1ccccc1F)C1(c2ccc(Cl)cc2)CC1. The van der Waals surface area contributed by atoms with Gasteiger partial charge in [-0.05, 0) is 48.6 Å². The molecule has 2 nitrogen and oxygen atoms in total. The topological polar surface area (TPSA) is 29.1 Å². The van der Waals surface area contributed by atoms with Gasteiger partial charge in [-0.1, -0.05) is 41.9 Å². The molecule has 1 fully saturated rings. The van der Waals surface area contributed by atoms with E-state index in [9.17, 15) is 9.18 Å². The Kier molecular flexibility index (Phi) is 4.16. The van der Waals surface area contributed by atoms with Crippen molar-refractivity contribution in [1.29, 1.82) is 0 Å². The third-order valence-corrected chi connectivity index (χ3v) is 4.47. The Morgan fingerprint density at radius 3 is 2.45 bits per heavy atom. The zero-order chi connectivity index (χ0) is 15.6. The van der Waals surface area contributed by atoms with Gasteiger partial charge in [-0.3, -0.25) is 4.79 Å². The van der Waals surface area contributed by atoms with Crippen LogP contribution in [0, 0.1) is 5.82 Å². The van der Waals surface area contributed by atoms with Crippen molar-refractivity contribution in [2.75, 3.05) is 6.54 Å². The lowest BCUT2D eigenvalue weighted by Gasteiger charge is -2.16. The quantitative estimate of drug-likeness (QED) is 0.891. The Balaban J connectivity index is 1.60. The fourth-order valence-electron chi connectivity index (χ4n) is 2.72. The lowest BCUT2D eigenvalue weighted by molar-refractivity contribution is -0.123. The van der Waals surface area contributed by atoms with Crippen LogP contribution in [0.3, 0.4) is 0 Å². The van der Waals surface area contributed by atoms with Crippen LogP contribution in [0.25, 0.3) is 0 Å². The largest absolute Gasteiger partial charge is 0.355 e. The molecule has 1 aliphatic carbocycles. The van der Waals surface area contributed by atoms with Crippen molar-refractivity contribution in [2.24, 2.45) is 0 Å². The molecule has 0 heterocycles. The van der Waals surface area contributed by atoms with E-state index in [1.54, 1.807) is 18.2 Å². The average molecular weight is 318 g/mol. The summed E-state index contributed by atoms with van der Waals surface area (Å²) in [6, 6.07) is 14.1. The summed E-state index contributed by atoms with van der Waals surface area (Å²) in [7, 11) is 0. The van der Waals surface area contributed by atoms with Gasteiger partial charge in [-0.2, -0.15) is 0 Å². The monoisotopic (exact) mass is 317 g/mol. The highest BCUT2D eigenvalue weighted by Gasteiger charge is 2.50. The molecule has 1 saturated carbocycles. The number of benzene rings is 2. The fourth-order valence-corrected chi connectivity index (χ4v) is 2.85. The number of amides is 1. The van der Waals surface area contributed by atoms with E-state index in [4.69, 9.17) is 11.6 Å². The lowest BCUT2D eigenvalue weighted by Crippen LogP contribution is -2.36. The second kappa shape index (κ2) is 6.09. The first-order valence-corrected chi connectivity index (χ1v) is 7.77. The zero-order valence-corrected chi connectivity index (χ0v) is 12.9. The summed E-state index contributed by atoms with van der Waals surface area (Å²) in [5.41, 5.74) is 1.21. The molecule has 0 bridgehead atoms. The van der Waals surface area contributed by atoms with Crippen LogP contribution < -0.4 is 5.32 Å². The predicted octanol–water partition coefficient (Wildman–Crippen LogP) is 3.87. The molecular weight excluding hydrogens is 301 g/mol. The predicted molar refractivity (Wildman–Crippen MR) is 85.5 cm³/mol. The molecule has 22 heavy (non-hydrogen) atoms. The highest BCUT2D eigenvalue weighted by molar-refractivity contribution is 6.30. The van der Waals surface area contributed by atoms with Gasteiger partial charge < -0.3 is 5.32 Å². The summed E-state index contributed by atoms with van der Waals surface area (Å²) in [5, 5.41) is 3.60. The number of hydrogen-bond donors (Lipinski definition) is 1. The van der Waals surface area contributed by atoms with E-state index in [1.165, 1.54) is 6.07 Å². The standard InChI is InChI=1S/C18H17ClFNO/c19-15-7-5-14(6-8-15)18(10-11-18)17(22)21-12-9-13-3-1-2-4-16(13)20/h1-8H,9-12H2,(H,21,22). The maximum atomic E-state index is 13.5. The minimum absolute atomic E-state index is 0.0196. The summed E-state index contributed by atoms with van der Waals surface area (Å²) >= 11 is 5.89. The average Bonchev–Trinajstić information content (AvgIpc) is 3.31.